The molecule has 0 unspecified atom stereocenters. The first-order valence-corrected chi connectivity index (χ1v) is 11.7. The minimum absolute atomic E-state index is 0.0698. The summed E-state index contributed by atoms with van der Waals surface area (Å²) in [5.74, 6) is -6.90. The number of furan rings is 1. The molecule has 0 aliphatic carbocycles. The molecule has 0 saturated carbocycles. The van der Waals surface area contributed by atoms with Gasteiger partial charge in [0.1, 0.15) is 11.2 Å². The largest absolute Gasteiger partial charge is 0.504 e. The highest BCUT2D eigenvalue weighted by Crippen LogP contribution is 2.57. The van der Waals surface area contributed by atoms with Crippen molar-refractivity contribution < 1.29 is 45.3 Å². The first-order valence-electron chi connectivity index (χ1n) is 11.7. The molecular weight excluding hydrogens is 492 g/mol. The fourth-order valence-corrected chi connectivity index (χ4v) is 5.53. The van der Waals surface area contributed by atoms with Gasteiger partial charge < -0.3 is 45.3 Å². The molecule has 0 amide bonds. The first kappa shape index (κ1) is 23.2. The standard InChI is InChI=1S/C29H22O9/c1-11-17-20(24(32)28(36)26(34)22(17)30)14(21-18(11)23(31)27(35)29(37)25(21)33)10-9-12-5-4-8-16-19(12)13-6-2-3-7-15(13)38-16/h2-8,30-37H,9-10H2,1H3. The predicted molar refractivity (Wildman–Crippen MR) is 141 cm³/mol. The van der Waals surface area contributed by atoms with Gasteiger partial charge in [-0.2, -0.15) is 0 Å². The lowest BCUT2D eigenvalue weighted by Crippen LogP contribution is -1.99. The first-order chi connectivity index (χ1) is 18.1. The Kier molecular flexibility index (Phi) is 4.84. The second-order valence-electron chi connectivity index (χ2n) is 9.28. The van der Waals surface area contributed by atoms with E-state index in [-0.39, 0.29) is 39.1 Å². The molecule has 0 spiro atoms. The van der Waals surface area contributed by atoms with E-state index < -0.39 is 46.0 Å². The molecule has 6 rings (SSSR count). The Bertz CT molecular complexity index is 1890. The van der Waals surface area contributed by atoms with Crippen molar-refractivity contribution in [3.63, 3.8) is 0 Å². The van der Waals surface area contributed by atoms with Gasteiger partial charge in [-0.3, -0.25) is 0 Å². The minimum atomic E-state index is -0.968. The zero-order valence-electron chi connectivity index (χ0n) is 19.9. The van der Waals surface area contributed by atoms with Gasteiger partial charge >= 0.3 is 0 Å². The average molecular weight is 514 g/mol. The van der Waals surface area contributed by atoms with E-state index in [2.05, 4.69) is 0 Å². The van der Waals surface area contributed by atoms with Crippen molar-refractivity contribution in [3.8, 4) is 46.0 Å². The van der Waals surface area contributed by atoms with Gasteiger partial charge in [0.15, 0.2) is 23.0 Å². The van der Waals surface area contributed by atoms with Crippen LogP contribution < -0.4 is 0 Å². The maximum Gasteiger partial charge on any atom is 0.204 e. The molecule has 5 aromatic carbocycles. The quantitative estimate of drug-likeness (QED) is 0.0845. The fourth-order valence-electron chi connectivity index (χ4n) is 5.53. The van der Waals surface area contributed by atoms with Crippen LogP contribution in [0, 0.1) is 6.92 Å². The number of phenols is 8. The average Bonchev–Trinajstić information content (AvgIpc) is 3.30. The molecule has 1 aromatic heterocycles. The van der Waals surface area contributed by atoms with Crippen molar-refractivity contribution in [2.24, 2.45) is 0 Å². The summed E-state index contributed by atoms with van der Waals surface area (Å²) in [6.07, 6.45) is 0.373. The van der Waals surface area contributed by atoms with Gasteiger partial charge in [-0.1, -0.05) is 30.3 Å². The van der Waals surface area contributed by atoms with Crippen LogP contribution in [-0.2, 0) is 12.8 Å². The Morgan fingerprint density at radius 2 is 1.00 bits per heavy atom. The Labute approximate surface area is 213 Å². The van der Waals surface area contributed by atoms with Crippen LogP contribution in [-0.4, -0.2) is 40.9 Å². The Balaban J connectivity index is 1.69. The van der Waals surface area contributed by atoms with Crippen LogP contribution in [0.1, 0.15) is 16.7 Å². The van der Waals surface area contributed by atoms with E-state index >= 15 is 0 Å². The SMILES string of the molecule is Cc1c2c(O)c(O)c(O)c(O)c2c(CCc2cccc3oc4ccccc4c23)c2c(O)c(O)c(O)c(O)c12. The number of fused-ring (bicyclic) bond motifs is 5. The maximum atomic E-state index is 10.9. The summed E-state index contributed by atoms with van der Waals surface area (Å²) in [5, 5.41) is 85.8. The lowest BCUT2D eigenvalue weighted by atomic mass is 9.86. The summed E-state index contributed by atoms with van der Waals surface area (Å²) in [6, 6.07) is 13.1. The molecule has 6 aromatic rings. The number of aromatic hydroxyl groups is 8. The van der Waals surface area contributed by atoms with E-state index in [0.717, 1.165) is 16.3 Å². The Hall–Kier alpha value is -5.18. The second kappa shape index (κ2) is 7.91. The van der Waals surface area contributed by atoms with E-state index in [1.54, 1.807) is 0 Å². The number of phenolic OH excluding ortho intramolecular Hbond substituents is 8. The monoisotopic (exact) mass is 514 g/mol. The summed E-state index contributed by atoms with van der Waals surface area (Å²) in [4.78, 5) is 0. The van der Waals surface area contributed by atoms with Crippen molar-refractivity contribution in [1.29, 1.82) is 0 Å². The van der Waals surface area contributed by atoms with Crippen molar-refractivity contribution in [2.45, 2.75) is 19.8 Å². The summed E-state index contributed by atoms with van der Waals surface area (Å²) in [5.41, 5.74) is 2.44. The van der Waals surface area contributed by atoms with Gasteiger partial charge in [-0.25, -0.2) is 0 Å². The van der Waals surface area contributed by atoms with Crippen molar-refractivity contribution in [1.82, 2.24) is 0 Å². The topological polar surface area (TPSA) is 175 Å². The van der Waals surface area contributed by atoms with E-state index in [1.807, 2.05) is 42.5 Å². The highest BCUT2D eigenvalue weighted by Gasteiger charge is 2.29. The van der Waals surface area contributed by atoms with Crippen LogP contribution in [0.5, 0.6) is 46.0 Å². The van der Waals surface area contributed by atoms with Crippen LogP contribution in [0.3, 0.4) is 0 Å². The molecule has 1 heterocycles. The van der Waals surface area contributed by atoms with Crippen LogP contribution >= 0.6 is 0 Å². The van der Waals surface area contributed by atoms with Gasteiger partial charge in [0, 0.05) is 32.3 Å². The molecule has 0 saturated heterocycles. The molecule has 38 heavy (non-hydrogen) atoms. The van der Waals surface area contributed by atoms with Crippen LogP contribution in [0.2, 0.25) is 0 Å². The molecule has 0 aliphatic rings. The summed E-state index contributed by atoms with van der Waals surface area (Å²) in [7, 11) is 0. The maximum absolute atomic E-state index is 10.9. The van der Waals surface area contributed by atoms with E-state index in [9.17, 15) is 40.9 Å². The number of rotatable bonds is 3. The molecule has 9 nitrogen and oxygen atoms in total. The Morgan fingerprint density at radius 3 is 1.58 bits per heavy atom. The van der Waals surface area contributed by atoms with Gasteiger partial charge in [-0.05, 0) is 48.6 Å². The number of hydrogen-bond donors (Lipinski definition) is 8. The van der Waals surface area contributed by atoms with Gasteiger partial charge in [0.25, 0.3) is 0 Å². The lowest BCUT2D eigenvalue weighted by molar-refractivity contribution is 0.349. The normalized spacial score (nSPS) is 11.8. The summed E-state index contributed by atoms with van der Waals surface area (Å²) >= 11 is 0. The molecule has 9 heteroatoms. The number of aryl methyl sites for hydroxylation is 3. The summed E-state index contributed by atoms with van der Waals surface area (Å²) in [6.45, 7) is 1.43. The second-order valence-corrected chi connectivity index (χ2v) is 9.28. The molecule has 0 atom stereocenters. The highest BCUT2D eigenvalue weighted by molar-refractivity contribution is 6.16. The van der Waals surface area contributed by atoms with Gasteiger partial charge in [0.05, 0.1) is 0 Å². The van der Waals surface area contributed by atoms with Gasteiger partial charge in [0.2, 0.25) is 23.0 Å². The molecule has 0 bridgehead atoms. The molecule has 8 N–H and O–H groups in total. The molecular formula is C29H22O9. The number of hydrogen-bond acceptors (Lipinski definition) is 9. The zero-order chi connectivity index (χ0) is 27.0. The van der Waals surface area contributed by atoms with E-state index in [1.165, 1.54) is 6.92 Å². The van der Waals surface area contributed by atoms with Crippen molar-refractivity contribution in [3.05, 3.63) is 59.2 Å². The smallest absolute Gasteiger partial charge is 0.204 e. The third-order valence-electron chi connectivity index (χ3n) is 7.28. The zero-order valence-corrected chi connectivity index (χ0v) is 19.9. The molecule has 0 radical (unpaired) electrons. The summed E-state index contributed by atoms with van der Waals surface area (Å²) < 4.78 is 5.96. The molecule has 0 fully saturated rings. The minimum Gasteiger partial charge on any atom is -0.504 e. The van der Waals surface area contributed by atoms with Crippen molar-refractivity contribution in [2.75, 3.05) is 0 Å². The van der Waals surface area contributed by atoms with E-state index in [4.69, 9.17) is 4.42 Å². The predicted octanol–water partition coefficient (Wildman–Crippen LogP) is 5.63. The molecule has 0 aliphatic heterocycles. The third-order valence-corrected chi connectivity index (χ3v) is 7.28. The highest BCUT2D eigenvalue weighted by atomic mass is 16.4. The molecule has 192 valence electrons. The van der Waals surface area contributed by atoms with Gasteiger partial charge in [-0.15, -0.1) is 0 Å². The number of benzene rings is 5. The van der Waals surface area contributed by atoms with Crippen LogP contribution in [0.4, 0.5) is 0 Å². The van der Waals surface area contributed by atoms with E-state index in [0.29, 0.717) is 17.6 Å². The van der Waals surface area contributed by atoms with Crippen LogP contribution in [0.15, 0.2) is 46.9 Å². The Morgan fingerprint density at radius 1 is 0.500 bits per heavy atom. The lowest BCUT2D eigenvalue weighted by Gasteiger charge is -2.20. The fraction of sp³-hybridized carbons (Fsp3) is 0.103. The number of para-hydroxylation sites is 1. The van der Waals surface area contributed by atoms with Crippen LogP contribution in [0.25, 0.3) is 43.5 Å². The third kappa shape index (κ3) is 2.92. The van der Waals surface area contributed by atoms with Crippen molar-refractivity contribution >= 4 is 43.5 Å².